The summed E-state index contributed by atoms with van der Waals surface area (Å²) in [6.45, 7) is 3.57. The molecule has 2 N–H and O–H groups in total. The lowest BCUT2D eigenvalue weighted by Gasteiger charge is -2.19. The molecule has 0 aromatic heterocycles. The number of sulfonamides is 1. The van der Waals surface area contributed by atoms with Crippen LogP contribution in [0.4, 0.5) is 0 Å². The second-order valence-corrected chi connectivity index (χ2v) is 6.06. The molecule has 1 aliphatic carbocycles. The normalized spacial score (nSPS) is 20.9. The zero-order chi connectivity index (χ0) is 11.6. The van der Waals surface area contributed by atoms with Gasteiger partial charge in [-0.25, -0.2) is 13.1 Å². The summed E-state index contributed by atoms with van der Waals surface area (Å²) >= 11 is 0. The van der Waals surface area contributed by atoms with E-state index in [9.17, 15) is 13.2 Å². The minimum Gasteiger partial charge on any atom is -0.480 e. The van der Waals surface area contributed by atoms with E-state index in [4.69, 9.17) is 5.11 Å². The minimum absolute atomic E-state index is 0.198. The van der Waals surface area contributed by atoms with Crippen molar-refractivity contribution < 1.29 is 18.3 Å². The van der Waals surface area contributed by atoms with Crippen molar-refractivity contribution in [2.75, 3.05) is 0 Å². The molecular weight excluding hydrogens is 218 g/mol. The fraction of sp³-hybridized carbons (Fsp3) is 0.889. The molecule has 0 aromatic carbocycles. The molecular formula is C9H17NO4S. The summed E-state index contributed by atoms with van der Waals surface area (Å²) in [5, 5.41) is 8.54. The van der Waals surface area contributed by atoms with Crippen molar-refractivity contribution in [1.29, 1.82) is 0 Å². The molecule has 6 heteroatoms. The molecule has 1 aliphatic rings. The second kappa shape index (κ2) is 4.49. The molecule has 88 valence electrons. The van der Waals surface area contributed by atoms with Gasteiger partial charge in [0.25, 0.3) is 0 Å². The Balaban J connectivity index is 2.70. The van der Waals surface area contributed by atoms with E-state index in [1.165, 1.54) is 0 Å². The first kappa shape index (κ1) is 12.4. The summed E-state index contributed by atoms with van der Waals surface area (Å²) < 4.78 is 25.4. The molecule has 1 fully saturated rings. The van der Waals surface area contributed by atoms with Gasteiger partial charge in [-0.1, -0.05) is 20.3 Å². The molecule has 0 aliphatic heterocycles. The predicted octanol–water partition coefficient (Wildman–Crippen LogP) is 0.567. The van der Waals surface area contributed by atoms with E-state index in [-0.39, 0.29) is 11.2 Å². The van der Waals surface area contributed by atoms with Crippen molar-refractivity contribution in [2.45, 2.75) is 44.4 Å². The van der Waals surface area contributed by atoms with Gasteiger partial charge in [-0.05, 0) is 18.8 Å². The Morgan fingerprint density at radius 3 is 2.40 bits per heavy atom. The first-order chi connectivity index (χ1) is 6.88. The van der Waals surface area contributed by atoms with E-state index in [1.54, 1.807) is 6.92 Å². The third kappa shape index (κ3) is 3.17. The number of nitrogens with one attached hydrogen (secondary N) is 1. The Hall–Kier alpha value is -0.620. The lowest BCUT2D eigenvalue weighted by molar-refractivity contribution is -0.140. The van der Waals surface area contributed by atoms with Crippen LogP contribution >= 0.6 is 0 Å². The van der Waals surface area contributed by atoms with Crippen molar-refractivity contribution in [3.63, 3.8) is 0 Å². The Bertz CT molecular complexity index is 334. The Labute approximate surface area is 89.9 Å². The van der Waals surface area contributed by atoms with E-state index in [2.05, 4.69) is 4.72 Å². The standard InChI is InChI=1S/C9H17NO4S/c1-3-6(2)8(9(11)12)10-15(13,14)7-4-5-7/h6-8,10H,3-5H2,1-2H3,(H,11,12)/t6-,8-/m0/s1. The van der Waals surface area contributed by atoms with Crippen LogP contribution in [0.25, 0.3) is 0 Å². The highest BCUT2D eigenvalue weighted by atomic mass is 32.2. The summed E-state index contributed by atoms with van der Waals surface area (Å²) in [5.74, 6) is -1.30. The molecule has 15 heavy (non-hydrogen) atoms. The first-order valence-electron chi connectivity index (χ1n) is 5.12. The van der Waals surface area contributed by atoms with E-state index >= 15 is 0 Å². The number of hydrogen-bond donors (Lipinski definition) is 2. The maximum atomic E-state index is 11.6. The maximum Gasteiger partial charge on any atom is 0.322 e. The van der Waals surface area contributed by atoms with Gasteiger partial charge in [0, 0.05) is 0 Å². The van der Waals surface area contributed by atoms with Crippen LogP contribution in [-0.4, -0.2) is 30.8 Å². The molecule has 0 saturated heterocycles. The molecule has 0 spiro atoms. The fourth-order valence-electron chi connectivity index (χ4n) is 1.30. The van der Waals surface area contributed by atoms with Crippen LogP contribution in [0.3, 0.4) is 0 Å². The van der Waals surface area contributed by atoms with E-state index in [0.29, 0.717) is 19.3 Å². The summed E-state index contributed by atoms with van der Waals surface area (Å²) in [4.78, 5) is 10.9. The zero-order valence-electron chi connectivity index (χ0n) is 8.93. The van der Waals surface area contributed by atoms with E-state index < -0.39 is 22.0 Å². The van der Waals surface area contributed by atoms with Crippen LogP contribution in [-0.2, 0) is 14.8 Å². The smallest absolute Gasteiger partial charge is 0.322 e. The Morgan fingerprint density at radius 1 is 1.53 bits per heavy atom. The van der Waals surface area contributed by atoms with Crippen molar-refractivity contribution in [3.05, 3.63) is 0 Å². The summed E-state index contributed by atoms with van der Waals surface area (Å²) in [7, 11) is -3.42. The molecule has 0 unspecified atom stereocenters. The van der Waals surface area contributed by atoms with Crippen molar-refractivity contribution in [2.24, 2.45) is 5.92 Å². The molecule has 0 heterocycles. The number of carboxylic acids is 1. The molecule has 0 aromatic rings. The molecule has 0 bridgehead atoms. The molecule has 1 rings (SSSR count). The third-order valence-electron chi connectivity index (χ3n) is 2.73. The SMILES string of the molecule is CC[C@H](C)[C@H](NS(=O)(=O)C1CC1)C(=O)O. The van der Waals surface area contributed by atoms with Crippen LogP contribution in [0.1, 0.15) is 33.1 Å². The topological polar surface area (TPSA) is 83.5 Å². The number of carbonyl (C=O) groups is 1. The Morgan fingerprint density at radius 2 is 2.07 bits per heavy atom. The molecule has 2 atom stereocenters. The number of aliphatic carboxylic acids is 1. The fourth-order valence-corrected chi connectivity index (χ4v) is 2.93. The summed E-state index contributed by atoms with van der Waals surface area (Å²) in [6, 6.07) is -0.999. The highest BCUT2D eigenvalue weighted by Crippen LogP contribution is 2.28. The molecule has 0 amide bonds. The van der Waals surface area contributed by atoms with Gasteiger partial charge in [-0.15, -0.1) is 0 Å². The average molecular weight is 235 g/mol. The van der Waals surface area contributed by atoms with Gasteiger partial charge < -0.3 is 5.11 Å². The van der Waals surface area contributed by atoms with E-state index in [1.807, 2.05) is 6.92 Å². The minimum atomic E-state index is -3.42. The van der Waals surface area contributed by atoms with Crippen molar-refractivity contribution in [1.82, 2.24) is 4.72 Å². The predicted molar refractivity (Wildman–Crippen MR) is 56.0 cm³/mol. The van der Waals surface area contributed by atoms with Crippen LogP contribution in [0.15, 0.2) is 0 Å². The Kier molecular flexibility index (Phi) is 3.72. The molecule has 5 nitrogen and oxygen atoms in total. The maximum absolute atomic E-state index is 11.6. The second-order valence-electron chi connectivity index (χ2n) is 4.06. The largest absolute Gasteiger partial charge is 0.480 e. The van der Waals surface area contributed by atoms with Gasteiger partial charge in [0.2, 0.25) is 10.0 Å². The van der Waals surface area contributed by atoms with Gasteiger partial charge in [-0.2, -0.15) is 0 Å². The monoisotopic (exact) mass is 235 g/mol. The third-order valence-corrected chi connectivity index (χ3v) is 4.67. The van der Waals surface area contributed by atoms with Crippen LogP contribution < -0.4 is 4.72 Å². The number of hydrogen-bond acceptors (Lipinski definition) is 3. The van der Waals surface area contributed by atoms with Crippen LogP contribution in [0.5, 0.6) is 0 Å². The summed E-state index contributed by atoms with van der Waals surface area (Å²) in [5.41, 5.74) is 0. The van der Waals surface area contributed by atoms with Crippen LogP contribution in [0.2, 0.25) is 0 Å². The summed E-state index contributed by atoms with van der Waals surface area (Å²) in [6.07, 6.45) is 1.91. The van der Waals surface area contributed by atoms with Crippen LogP contribution in [0, 0.1) is 5.92 Å². The highest BCUT2D eigenvalue weighted by molar-refractivity contribution is 7.90. The van der Waals surface area contributed by atoms with Crippen molar-refractivity contribution >= 4 is 16.0 Å². The average Bonchev–Trinajstić information content (AvgIpc) is 2.95. The number of carboxylic acid groups (broad SMARTS) is 1. The lowest BCUT2D eigenvalue weighted by atomic mass is 10.0. The number of rotatable bonds is 6. The van der Waals surface area contributed by atoms with Gasteiger partial charge in [0.15, 0.2) is 0 Å². The zero-order valence-corrected chi connectivity index (χ0v) is 9.75. The van der Waals surface area contributed by atoms with Gasteiger partial charge in [0.1, 0.15) is 6.04 Å². The van der Waals surface area contributed by atoms with Gasteiger partial charge in [0.05, 0.1) is 5.25 Å². The quantitative estimate of drug-likeness (QED) is 0.705. The molecule has 1 saturated carbocycles. The van der Waals surface area contributed by atoms with Gasteiger partial charge >= 0.3 is 5.97 Å². The molecule has 0 radical (unpaired) electrons. The van der Waals surface area contributed by atoms with Gasteiger partial charge in [-0.3, -0.25) is 4.79 Å². The van der Waals surface area contributed by atoms with Crippen molar-refractivity contribution in [3.8, 4) is 0 Å². The van der Waals surface area contributed by atoms with E-state index in [0.717, 1.165) is 0 Å². The highest BCUT2D eigenvalue weighted by Gasteiger charge is 2.39. The first-order valence-corrected chi connectivity index (χ1v) is 6.67. The lowest BCUT2D eigenvalue weighted by Crippen LogP contribution is -2.46.